The average Bonchev–Trinajstić information content (AvgIpc) is 3.55. The van der Waals surface area contributed by atoms with E-state index in [1.165, 1.54) is 24.0 Å². The molecular formula is C35H51N7O4S. The molecule has 11 nitrogen and oxygen atoms in total. The first-order valence-corrected chi connectivity index (χ1v) is 18.4. The molecule has 2 aromatic rings. The molecule has 1 atom stereocenters. The number of carbonyl (C=O) groups excluding carboxylic acids is 3. The van der Waals surface area contributed by atoms with Crippen LogP contribution in [-0.2, 0) is 35.4 Å². The number of hydrogen-bond donors (Lipinski definition) is 2. The van der Waals surface area contributed by atoms with Gasteiger partial charge in [-0.3, -0.25) is 9.69 Å². The van der Waals surface area contributed by atoms with Crippen molar-refractivity contribution in [3.63, 3.8) is 0 Å². The lowest BCUT2D eigenvalue weighted by atomic mass is 9.96. The summed E-state index contributed by atoms with van der Waals surface area (Å²) >= 11 is 1.65. The first kappa shape index (κ1) is 33.7. The van der Waals surface area contributed by atoms with E-state index in [4.69, 9.17) is 4.84 Å². The van der Waals surface area contributed by atoms with Crippen LogP contribution in [0.25, 0.3) is 0 Å². The van der Waals surface area contributed by atoms with E-state index in [1.54, 1.807) is 16.4 Å². The molecule has 0 aliphatic carbocycles. The Labute approximate surface area is 283 Å². The number of hydrogen-bond acceptors (Lipinski definition) is 8. The van der Waals surface area contributed by atoms with Crippen LogP contribution in [-0.4, -0.2) is 120 Å². The normalized spacial score (nSPS) is 21.3. The molecule has 0 bridgehead atoms. The fourth-order valence-electron chi connectivity index (χ4n) is 7.62. The maximum absolute atomic E-state index is 14.0. The SMILES string of the molecule is CCc1ccc(C[C@@H](NC(=O)ON2CCC(N3Cc4sccc4NC3=O)CC2)C(=O)N2CCN(C3CCN(C)CC3)CC2)cc1CC. The summed E-state index contributed by atoms with van der Waals surface area (Å²) in [4.78, 5) is 55.8. The third kappa shape index (κ3) is 8.10. The molecular weight excluding hydrogens is 614 g/mol. The molecule has 1 aromatic heterocycles. The van der Waals surface area contributed by atoms with Gasteiger partial charge in [-0.25, -0.2) is 9.59 Å². The number of hydroxylamine groups is 2. The highest BCUT2D eigenvalue weighted by atomic mass is 32.1. The number of amides is 4. The molecule has 1 aromatic carbocycles. The number of fused-ring (bicyclic) bond motifs is 1. The van der Waals surface area contributed by atoms with Gasteiger partial charge in [-0.1, -0.05) is 32.0 Å². The minimum atomic E-state index is -0.718. The summed E-state index contributed by atoms with van der Waals surface area (Å²) in [6.07, 6.45) is 5.45. The van der Waals surface area contributed by atoms with Gasteiger partial charge in [-0.2, -0.15) is 0 Å². The highest BCUT2D eigenvalue weighted by Gasteiger charge is 2.35. The summed E-state index contributed by atoms with van der Waals surface area (Å²) in [7, 11) is 2.18. The monoisotopic (exact) mass is 665 g/mol. The number of carbonyl (C=O) groups is 3. The van der Waals surface area contributed by atoms with Crippen molar-refractivity contribution in [3.8, 4) is 0 Å². The number of benzene rings is 1. The molecule has 2 N–H and O–H groups in total. The van der Waals surface area contributed by atoms with E-state index in [-0.39, 0.29) is 18.0 Å². The van der Waals surface area contributed by atoms with Crippen LogP contribution in [0.4, 0.5) is 15.3 Å². The number of anilines is 1. The van der Waals surface area contributed by atoms with Crippen molar-refractivity contribution in [1.29, 1.82) is 0 Å². The summed E-state index contributed by atoms with van der Waals surface area (Å²) in [5.74, 6) is -0.0506. The number of nitrogens with one attached hydrogen (secondary N) is 2. The van der Waals surface area contributed by atoms with Crippen LogP contribution in [0.5, 0.6) is 0 Å². The van der Waals surface area contributed by atoms with E-state index in [0.29, 0.717) is 58.0 Å². The quantitative estimate of drug-likeness (QED) is 0.415. The van der Waals surface area contributed by atoms with Gasteiger partial charge >= 0.3 is 12.1 Å². The van der Waals surface area contributed by atoms with Crippen molar-refractivity contribution < 1.29 is 19.2 Å². The molecule has 3 saturated heterocycles. The van der Waals surface area contributed by atoms with Gasteiger partial charge < -0.3 is 30.2 Å². The summed E-state index contributed by atoms with van der Waals surface area (Å²) in [5.41, 5.74) is 4.55. The number of piperazine rings is 1. The molecule has 3 fully saturated rings. The smallest absolute Gasteiger partial charge is 0.351 e. The average molecular weight is 666 g/mol. The third-order valence-corrected chi connectivity index (χ3v) is 11.4. The lowest BCUT2D eigenvalue weighted by Gasteiger charge is -2.42. The Morgan fingerprint density at radius 3 is 2.34 bits per heavy atom. The second-order valence-electron chi connectivity index (χ2n) is 13.5. The molecule has 4 aliphatic heterocycles. The molecule has 0 saturated carbocycles. The Hall–Kier alpha value is -3.19. The number of piperidine rings is 2. The van der Waals surface area contributed by atoms with Crippen LogP contribution in [0, 0.1) is 0 Å². The number of urea groups is 1. The Morgan fingerprint density at radius 1 is 0.936 bits per heavy atom. The van der Waals surface area contributed by atoms with Crippen molar-refractivity contribution in [2.45, 2.75) is 83.5 Å². The first-order valence-electron chi connectivity index (χ1n) is 17.5. The minimum Gasteiger partial charge on any atom is -0.351 e. The number of aryl methyl sites for hydroxylation is 2. The summed E-state index contributed by atoms with van der Waals surface area (Å²) in [5, 5.41) is 9.62. The predicted molar refractivity (Wildman–Crippen MR) is 184 cm³/mol. The molecule has 0 radical (unpaired) electrons. The van der Waals surface area contributed by atoms with E-state index in [0.717, 1.165) is 55.1 Å². The maximum atomic E-state index is 14.0. The maximum Gasteiger partial charge on any atom is 0.426 e. The van der Waals surface area contributed by atoms with Gasteiger partial charge in [0.05, 0.1) is 12.2 Å². The zero-order valence-electron chi connectivity index (χ0n) is 28.2. The number of rotatable bonds is 9. The standard InChI is InChI=1S/C35H51N7O4S/c1-4-26-7-6-25(22-27(26)5-2)23-31(33(43)40-19-17-39(18-20-40)28-8-13-38(3)14-9-28)37-35(45)46-41-15-10-29(11-16-41)42-24-32-30(12-21-47-32)36-34(42)44/h6-7,12,21-22,28-29,31H,4-5,8-11,13-20,23-24H2,1-3H3,(H,36,44)(H,37,45)/t31-/m1/s1. The highest BCUT2D eigenvalue weighted by Crippen LogP contribution is 2.31. The summed E-state index contributed by atoms with van der Waals surface area (Å²) < 4.78 is 0. The van der Waals surface area contributed by atoms with Crippen molar-refractivity contribution in [2.24, 2.45) is 0 Å². The Bertz CT molecular complexity index is 1390. The van der Waals surface area contributed by atoms with Gasteiger partial charge in [0.15, 0.2) is 0 Å². The van der Waals surface area contributed by atoms with Crippen LogP contribution in [0.2, 0.25) is 0 Å². The molecule has 256 valence electrons. The Balaban J connectivity index is 1.06. The number of likely N-dealkylation sites (tertiary alicyclic amines) is 1. The van der Waals surface area contributed by atoms with E-state index >= 15 is 0 Å². The minimum absolute atomic E-state index is 0.0506. The molecule has 4 amide bonds. The predicted octanol–water partition coefficient (Wildman–Crippen LogP) is 4.18. The summed E-state index contributed by atoms with van der Waals surface area (Å²) in [6.45, 7) is 11.3. The Kier molecular flexibility index (Phi) is 11.0. The highest BCUT2D eigenvalue weighted by molar-refractivity contribution is 7.10. The lowest BCUT2D eigenvalue weighted by molar-refractivity contribution is -0.138. The van der Waals surface area contributed by atoms with E-state index < -0.39 is 12.1 Å². The van der Waals surface area contributed by atoms with E-state index in [2.05, 4.69) is 59.5 Å². The van der Waals surface area contributed by atoms with Gasteiger partial charge in [0.1, 0.15) is 6.04 Å². The van der Waals surface area contributed by atoms with E-state index in [9.17, 15) is 14.4 Å². The van der Waals surface area contributed by atoms with Crippen LogP contribution >= 0.6 is 11.3 Å². The van der Waals surface area contributed by atoms with Gasteiger partial charge in [0.2, 0.25) is 5.91 Å². The van der Waals surface area contributed by atoms with Crippen molar-refractivity contribution in [3.05, 3.63) is 51.2 Å². The fraction of sp³-hybridized carbons (Fsp3) is 0.629. The van der Waals surface area contributed by atoms with Gasteiger partial charge in [-0.05, 0) is 86.8 Å². The zero-order chi connectivity index (χ0) is 32.9. The molecule has 47 heavy (non-hydrogen) atoms. The molecule has 5 heterocycles. The van der Waals surface area contributed by atoms with Crippen LogP contribution < -0.4 is 10.6 Å². The molecule has 12 heteroatoms. The van der Waals surface area contributed by atoms with Gasteiger partial charge in [0, 0.05) is 62.7 Å². The second kappa shape index (κ2) is 15.4. The molecule has 6 rings (SSSR count). The zero-order valence-corrected chi connectivity index (χ0v) is 29.0. The van der Waals surface area contributed by atoms with Crippen molar-refractivity contribution >= 4 is 35.1 Å². The van der Waals surface area contributed by atoms with Crippen LogP contribution in [0.15, 0.2) is 29.6 Å². The Morgan fingerprint density at radius 2 is 1.64 bits per heavy atom. The van der Waals surface area contributed by atoms with Crippen molar-refractivity contribution in [2.75, 3.05) is 64.7 Å². The summed E-state index contributed by atoms with van der Waals surface area (Å²) in [6, 6.07) is 8.24. The topological polar surface area (TPSA) is 101 Å². The fourth-order valence-corrected chi connectivity index (χ4v) is 8.45. The molecule has 0 unspecified atom stereocenters. The third-order valence-electron chi connectivity index (χ3n) is 10.5. The number of nitrogens with zero attached hydrogens (tertiary/aromatic N) is 5. The lowest BCUT2D eigenvalue weighted by Crippen LogP contribution is -2.58. The van der Waals surface area contributed by atoms with Crippen molar-refractivity contribution in [1.82, 2.24) is 30.0 Å². The second-order valence-corrected chi connectivity index (χ2v) is 14.5. The number of thiophene rings is 1. The largest absolute Gasteiger partial charge is 0.426 e. The van der Waals surface area contributed by atoms with Crippen LogP contribution in [0.1, 0.15) is 61.1 Å². The molecule has 0 spiro atoms. The van der Waals surface area contributed by atoms with Crippen LogP contribution in [0.3, 0.4) is 0 Å². The molecule has 4 aliphatic rings. The van der Waals surface area contributed by atoms with Gasteiger partial charge in [0.25, 0.3) is 0 Å². The van der Waals surface area contributed by atoms with E-state index in [1.807, 2.05) is 21.2 Å². The first-order chi connectivity index (χ1) is 22.8. The van der Waals surface area contributed by atoms with Gasteiger partial charge in [-0.15, -0.1) is 16.4 Å².